The van der Waals surface area contributed by atoms with Crippen molar-refractivity contribution in [2.24, 2.45) is 0 Å². The molecule has 2 N–H and O–H groups in total. The van der Waals surface area contributed by atoms with Gasteiger partial charge in [-0.25, -0.2) is 0 Å². The van der Waals surface area contributed by atoms with Crippen LogP contribution in [0.25, 0.3) is 0 Å². The van der Waals surface area contributed by atoms with Crippen LogP contribution < -0.4 is 25.1 Å². The Morgan fingerprint density at radius 1 is 0.893 bits per heavy atom. The molecule has 3 rings (SSSR count). The van der Waals surface area contributed by atoms with E-state index in [1.165, 1.54) is 36.4 Å². The van der Waals surface area contributed by atoms with E-state index in [0.717, 1.165) is 0 Å². The number of hydrogen-bond donors (Lipinski definition) is 2. The third kappa shape index (κ3) is 5.06. The van der Waals surface area contributed by atoms with Crippen LogP contribution in [-0.2, 0) is 0 Å². The molecule has 1 aliphatic heterocycles. The fraction of sp³-hybridized carbons (Fsp3) is 0.222. The first-order chi connectivity index (χ1) is 13.3. The second-order valence-electron chi connectivity index (χ2n) is 5.69. The van der Waals surface area contributed by atoms with Crippen molar-refractivity contribution < 1.29 is 37.0 Å². The van der Waals surface area contributed by atoms with Crippen molar-refractivity contribution >= 4 is 11.8 Å². The van der Waals surface area contributed by atoms with Crippen LogP contribution in [0.2, 0.25) is 0 Å². The normalized spacial score (nSPS) is 12.8. The average Bonchev–Trinajstić information content (AvgIpc) is 2.69. The molecule has 0 saturated heterocycles. The Kier molecular flexibility index (Phi) is 5.57. The molecule has 0 spiro atoms. The van der Waals surface area contributed by atoms with Gasteiger partial charge in [-0.3, -0.25) is 20.4 Å². The summed E-state index contributed by atoms with van der Waals surface area (Å²) in [7, 11) is 0. The van der Waals surface area contributed by atoms with Crippen molar-refractivity contribution in [3.05, 3.63) is 53.6 Å². The third-order valence-corrected chi connectivity index (χ3v) is 3.61. The van der Waals surface area contributed by atoms with Crippen molar-refractivity contribution in [2.75, 3.05) is 19.8 Å². The van der Waals surface area contributed by atoms with Gasteiger partial charge in [-0.05, 0) is 42.5 Å². The number of carbonyl (C=O) groups is 2. The summed E-state index contributed by atoms with van der Waals surface area (Å²) in [5.41, 5.74) is 4.85. The lowest BCUT2D eigenvalue weighted by Crippen LogP contribution is -2.41. The lowest BCUT2D eigenvalue weighted by atomic mass is 10.2. The molecular formula is C18H15F3N2O5. The quantitative estimate of drug-likeness (QED) is 0.776. The van der Waals surface area contributed by atoms with E-state index >= 15 is 0 Å². The number of amides is 2. The van der Waals surface area contributed by atoms with Gasteiger partial charge in [-0.1, -0.05) is 0 Å². The summed E-state index contributed by atoms with van der Waals surface area (Å²) >= 11 is 0. The number of rotatable bonds is 4. The zero-order chi connectivity index (χ0) is 20.1. The number of carbonyl (C=O) groups excluding carboxylic acids is 2. The van der Waals surface area contributed by atoms with Crippen molar-refractivity contribution in [1.29, 1.82) is 0 Å². The highest BCUT2D eigenvalue weighted by Crippen LogP contribution is 2.30. The van der Waals surface area contributed by atoms with Crippen molar-refractivity contribution in [1.82, 2.24) is 10.9 Å². The van der Waals surface area contributed by atoms with Gasteiger partial charge in [0.1, 0.15) is 19.0 Å². The summed E-state index contributed by atoms with van der Waals surface area (Å²) in [5, 5.41) is 0. The van der Waals surface area contributed by atoms with Crippen molar-refractivity contribution in [3.8, 4) is 17.2 Å². The fourth-order valence-corrected chi connectivity index (χ4v) is 2.31. The first kappa shape index (κ1) is 19.3. The number of halogens is 3. The van der Waals surface area contributed by atoms with Crippen LogP contribution in [0.4, 0.5) is 13.2 Å². The van der Waals surface area contributed by atoms with Gasteiger partial charge in [0.2, 0.25) is 0 Å². The second-order valence-corrected chi connectivity index (χ2v) is 5.69. The van der Waals surface area contributed by atoms with Crippen LogP contribution >= 0.6 is 0 Å². The molecule has 0 bridgehead atoms. The van der Waals surface area contributed by atoms with Crippen molar-refractivity contribution in [3.63, 3.8) is 0 Å². The molecular weight excluding hydrogens is 381 g/mol. The SMILES string of the molecule is O=C(NNC(=O)c1ccc2c(c1)OCCO2)c1ccc(OCC(F)(F)F)cc1. The maximum absolute atomic E-state index is 12.2. The Balaban J connectivity index is 1.54. The Morgan fingerprint density at radius 2 is 1.46 bits per heavy atom. The highest BCUT2D eigenvalue weighted by atomic mass is 19.4. The van der Waals surface area contributed by atoms with Gasteiger partial charge in [-0.15, -0.1) is 0 Å². The molecule has 28 heavy (non-hydrogen) atoms. The topological polar surface area (TPSA) is 85.9 Å². The molecule has 1 aliphatic rings. The molecule has 7 nitrogen and oxygen atoms in total. The summed E-state index contributed by atoms with van der Waals surface area (Å²) in [5.74, 6) is -0.294. The highest BCUT2D eigenvalue weighted by Gasteiger charge is 2.28. The van der Waals surface area contributed by atoms with E-state index in [1.54, 1.807) is 6.07 Å². The minimum absolute atomic E-state index is 0.0332. The number of ether oxygens (including phenoxy) is 3. The predicted octanol–water partition coefficient (Wildman–Crippen LogP) is 2.47. The molecule has 10 heteroatoms. The number of nitrogens with one attached hydrogen (secondary N) is 2. The summed E-state index contributed by atoms with van der Waals surface area (Å²) < 4.78 is 51.6. The van der Waals surface area contributed by atoms with E-state index in [4.69, 9.17) is 9.47 Å². The second kappa shape index (κ2) is 8.07. The number of alkyl halides is 3. The first-order valence-corrected chi connectivity index (χ1v) is 8.12. The van der Waals surface area contributed by atoms with Gasteiger partial charge in [-0.2, -0.15) is 13.2 Å². The Hall–Kier alpha value is -3.43. The van der Waals surface area contributed by atoms with E-state index in [9.17, 15) is 22.8 Å². The minimum Gasteiger partial charge on any atom is -0.486 e. The molecule has 2 amide bonds. The van der Waals surface area contributed by atoms with E-state index in [-0.39, 0.29) is 16.9 Å². The molecule has 0 aromatic heterocycles. The summed E-state index contributed by atoms with van der Waals surface area (Å²) in [6.07, 6.45) is -4.45. The standard InChI is InChI=1S/C18H15F3N2O5/c19-18(20,21)10-28-13-4-1-11(2-5-13)16(24)22-23-17(25)12-3-6-14-15(9-12)27-8-7-26-14/h1-6,9H,7-8,10H2,(H,22,24)(H,23,25). The molecule has 2 aromatic carbocycles. The molecule has 1 heterocycles. The average molecular weight is 396 g/mol. The largest absolute Gasteiger partial charge is 0.486 e. The van der Waals surface area contributed by atoms with Gasteiger partial charge in [0, 0.05) is 11.1 Å². The van der Waals surface area contributed by atoms with Gasteiger partial charge in [0.25, 0.3) is 11.8 Å². The minimum atomic E-state index is -4.45. The summed E-state index contributed by atoms with van der Waals surface area (Å²) in [4.78, 5) is 24.2. The maximum Gasteiger partial charge on any atom is 0.422 e. The molecule has 2 aromatic rings. The zero-order valence-corrected chi connectivity index (χ0v) is 14.3. The fourth-order valence-electron chi connectivity index (χ4n) is 2.31. The molecule has 0 aliphatic carbocycles. The van der Waals surface area contributed by atoms with E-state index in [2.05, 4.69) is 15.6 Å². The first-order valence-electron chi connectivity index (χ1n) is 8.12. The smallest absolute Gasteiger partial charge is 0.422 e. The van der Waals surface area contributed by atoms with Crippen LogP contribution in [-0.4, -0.2) is 37.8 Å². The van der Waals surface area contributed by atoms with Crippen molar-refractivity contribution in [2.45, 2.75) is 6.18 Å². The van der Waals surface area contributed by atoms with Gasteiger partial charge >= 0.3 is 6.18 Å². The molecule has 0 atom stereocenters. The Bertz CT molecular complexity index is 869. The van der Waals surface area contributed by atoms with Crippen LogP contribution in [0, 0.1) is 0 Å². The number of fused-ring (bicyclic) bond motifs is 1. The van der Waals surface area contributed by atoms with E-state index in [0.29, 0.717) is 24.7 Å². The molecule has 0 radical (unpaired) electrons. The number of benzene rings is 2. The van der Waals surface area contributed by atoms with Gasteiger partial charge in [0.15, 0.2) is 18.1 Å². The Morgan fingerprint density at radius 3 is 2.11 bits per heavy atom. The van der Waals surface area contributed by atoms with E-state index in [1.807, 2.05) is 0 Å². The van der Waals surface area contributed by atoms with Crippen LogP contribution in [0.5, 0.6) is 17.2 Å². The predicted molar refractivity (Wildman–Crippen MR) is 90.4 cm³/mol. The number of hydrogen-bond acceptors (Lipinski definition) is 5. The van der Waals surface area contributed by atoms with Gasteiger partial charge < -0.3 is 14.2 Å². The molecule has 0 unspecified atom stereocenters. The van der Waals surface area contributed by atoms with Crippen LogP contribution in [0.1, 0.15) is 20.7 Å². The molecule has 0 saturated carbocycles. The van der Waals surface area contributed by atoms with Gasteiger partial charge in [0.05, 0.1) is 0 Å². The zero-order valence-electron chi connectivity index (χ0n) is 14.3. The number of hydrazine groups is 1. The lowest BCUT2D eigenvalue weighted by Gasteiger charge is -2.18. The van der Waals surface area contributed by atoms with Crippen LogP contribution in [0.15, 0.2) is 42.5 Å². The molecule has 148 valence electrons. The van der Waals surface area contributed by atoms with Crippen LogP contribution in [0.3, 0.4) is 0 Å². The highest BCUT2D eigenvalue weighted by molar-refractivity contribution is 5.99. The summed E-state index contributed by atoms with van der Waals surface area (Å²) in [6.45, 7) is -0.629. The maximum atomic E-state index is 12.2. The Labute approximate surface area is 157 Å². The lowest BCUT2D eigenvalue weighted by molar-refractivity contribution is -0.153. The summed E-state index contributed by atoms with van der Waals surface area (Å²) in [6, 6.07) is 9.59. The monoisotopic (exact) mass is 396 g/mol. The molecule has 0 fully saturated rings. The van der Waals surface area contributed by atoms with E-state index < -0.39 is 24.6 Å². The third-order valence-electron chi connectivity index (χ3n) is 3.61.